The van der Waals surface area contributed by atoms with Gasteiger partial charge in [-0.2, -0.15) is 0 Å². The summed E-state index contributed by atoms with van der Waals surface area (Å²) in [6.07, 6.45) is 13.4. The maximum Gasteiger partial charge on any atom is 0.183 e. The van der Waals surface area contributed by atoms with E-state index in [9.17, 15) is 0 Å². The fourth-order valence-corrected chi connectivity index (χ4v) is 5.32. The molecule has 0 radical (unpaired) electrons. The smallest absolute Gasteiger partial charge is 0.183 e. The molecule has 0 aliphatic rings. The van der Waals surface area contributed by atoms with Gasteiger partial charge in [-0.25, -0.2) is 0 Å². The topological polar surface area (TPSA) is 120 Å². The Bertz CT molecular complexity index is 661. The summed E-state index contributed by atoms with van der Waals surface area (Å²) in [6, 6.07) is 0. The molecule has 320 valence electrons. The molecule has 53 heavy (non-hydrogen) atoms. The van der Waals surface area contributed by atoms with E-state index in [0.29, 0.717) is 159 Å². The summed E-state index contributed by atoms with van der Waals surface area (Å²) in [5.41, 5.74) is 0. The van der Waals surface area contributed by atoms with Gasteiger partial charge in [0.05, 0.1) is 159 Å². The van der Waals surface area contributed by atoms with Crippen LogP contribution in [0.2, 0.25) is 19.6 Å². The highest BCUT2D eigenvalue weighted by Gasteiger charge is 2.13. The van der Waals surface area contributed by atoms with Crippen molar-refractivity contribution in [1.29, 1.82) is 0 Å². The molecule has 0 amide bonds. The van der Waals surface area contributed by atoms with Gasteiger partial charge < -0.3 is 61.3 Å². The monoisotopic (exact) mass is 787 g/mol. The number of unbranched alkanes of at least 4 members (excludes halogenated alkanes) is 9. The van der Waals surface area contributed by atoms with Crippen molar-refractivity contribution in [2.75, 3.05) is 165 Å². The van der Waals surface area contributed by atoms with E-state index < -0.39 is 8.32 Å². The molecule has 0 heterocycles. The van der Waals surface area contributed by atoms with E-state index in [0.717, 1.165) is 13.0 Å². The van der Waals surface area contributed by atoms with Crippen molar-refractivity contribution in [2.45, 2.75) is 90.8 Å². The van der Waals surface area contributed by atoms with Crippen LogP contribution in [0.15, 0.2) is 0 Å². The fourth-order valence-electron chi connectivity index (χ4n) is 4.62. The van der Waals surface area contributed by atoms with Gasteiger partial charge in [0.15, 0.2) is 8.32 Å². The Balaban J connectivity index is 3.06. The second kappa shape index (κ2) is 46.1. The third-order valence-electron chi connectivity index (χ3n) is 7.50. The summed E-state index contributed by atoms with van der Waals surface area (Å²) >= 11 is 0. The average Bonchev–Trinajstić information content (AvgIpc) is 3.14. The first kappa shape index (κ1) is 52.7. The Morgan fingerprint density at radius 1 is 0.226 bits per heavy atom. The predicted octanol–water partition coefficient (Wildman–Crippen LogP) is 5.96. The molecular weight excluding hydrogens is 705 g/mol. The lowest BCUT2D eigenvalue weighted by molar-refractivity contribution is -0.0285. The lowest BCUT2D eigenvalue weighted by atomic mass is 10.1. The van der Waals surface area contributed by atoms with E-state index in [1.54, 1.807) is 0 Å². The van der Waals surface area contributed by atoms with Gasteiger partial charge in [0, 0.05) is 6.61 Å². The van der Waals surface area contributed by atoms with Gasteiger partial charge in [-0.15, -0.1) is 0 Å². The second-order valence-electron chi connectivity index (χ2n) is 13.5. The molecule has 0 aromatic rings. The predicted molar refractivity (Wildman–Crippen MR) is 211 cm³/mol. The van der Waals surface area contributed by atoms with E-state index in [4.69, 9.17) is 61.3 Å². The third kappa shape index (κ3) is 51.7. The van der Waals surface area contributed by atoms with Crippen LogP contribution in [0.3, 0.4) is 0 Å². The van der Waals surface area contributed by atoms with Gasteiger partial charge in [0.1, 0.15) is 0 Å². The number of hydrogen-bond donors (Lipinski definition) is 0. The Kier molecular flexibility index (Phi) is 45.8. The molecule has 0 fully saturated rings. The molecule has 0 spiro atoms. The van der Waals surface area contributed by atoms with Crippen molar-refractivity contribution >= 4 is 8.32 Å². The van der Waals surface area contributed by atoms with Crippen LogP contribution < -0.4 is 0 Å². The Morgan fingerprint density at radius 2 is 0.415 bits per heavy atom. The van der Waals surface area contributed by atoms with Crippen molar-refractivity contribution in [3.8, 4) is 0 Å². The zero-order chi connectivity index (χ0) is 38.4. The third-order valence-corrected chi connectivity index (χ3v) is 8.57. The number of hydrogen-bond acceptors (Lipinski definition) is 13. The lowest BCUT2D eigenvalue weighted by Crippen LogP contribution is -2.27. The molecule has 0 bridgehead atoms. The van der Waals surface area contributed by atoms with E-state index in [2.05, 4.69) is 26.6 Å². The standard InChI is InChI=1S/C39H82O13Si/c1-5-6-7-8-9-10-11-12-13-14-15-40-16-17-41-18-19-42-20-21-43-22-23-44-24-25-45-26-27-46-28-29-47-30-31-48-32-33-49-34-35-50-36-37-51-38-39-52-53(2,3)4/h5-39H2,1-4H3. The highest BCUT2D eigenvalue weighted by molar-refractivity contribution is 6.69. The quantitative estimate of drug-likeness (QED) is 0.0534. The Morgan fingerprint density at radius 3 is 0.642 bits per heavy atom. The SMILES string of the molecule is CCCCCCCCCCCCOCCOCCOCCOCCOCCOCCOCCOCCOCCOCCOCCOCCO[Si](C)(C)C. The molecular formula is C39H82O13Si. The lowest BCUT2D eigenvalue weighted by Gasteiger charge is -2.16. The molecule has 0 saturated heterocycles. The van der Waals surface area contributed by atoms with E-state index >= 15 is 0 Å². The van der Waals surface area contributed by atoms with Gasteiger partial charge in [-0.1, -0.05) is 64.7 Å². The van der Waals surface area contributed by atoms with E-state index in [1.807, 2.05) is 0 Å². The zero-order valence-corrected chi connectivity index (χ0v) is 35.6. The molecule has 0 aromatic carbocycles. The van der Waals surface area contributed by atoms with Crippen LogP contribution in [0.4, 0.5) is 0 Å². The van der Waals surface area contributed by atoms with Crippen molar-refractivity contribution < 1.29 is 61.3 Å². The Hall–Kier alpha value is -0.303. The van der Waals surface area contributed by atoms with Crippen molar-refractivity contribution in [1.82, 2.24) is 0 Å². The van der Waals surface area contributed by atoms with Crippen LogP contribution in [0.1, 0.15) is 71.1 Å². The molecule has 14 heteroatoms. The minimum atomic E-state index is -1.45. The molecule has 0 atom stereocenters. The summed E-state index contributed by atoms with van der Waals surface area (Å²) < 4.78 is 72.0. The number of rotatable bonds is 48. The summed E-state index contributed by atoms with van der Waals surface area (Å²) in [4.78, 5) is 0. The molecule has 0 N–H and O–H groups in total. The maximum atomic E-state index is 5.72. The van der Waals surface area contributed by atoms with Crippen LogP contribution >= 0.6 is 0 Å². The molecule has 0 saturated carbocycles. The van der Waals surface area contributed by atoms with Crippen LogP contribution in [0, 0.1) is 0 Å². The van der Waals surface area contributed by atoms with E-state index in [1.165, 1.54) is 57.8 Å². The molecule has 0 unspecified atom stereocenters. The normalized spacial score (nSPS) is 12.0. The second-order valence-corrected chi connectivity index (χ2v) is 18.0. The molecule has 0 aromatic heterocycles. The summed E-state index contributed by atoms with van der Waals surface area (Å²) in [5, 5.41) is 0. The summed E-state index contributed by atoms with van der Waals surface area (Å²) in [5.74, 6) is 0. The fraction of sp³-hybridized carbons (Fsp3) is 1.00. The van der Waals surface area contributed by atoms with Gasteiger partial charge in [-0.3, -0.25) is 0 Å². The van der Waals surface area contributed by atoms with Gasteiger partial charge in [0.2, 0.25) is 0 Å². The van der Waals surface area contributed by atoms with E-state index in [-0.39, 0.29) is 0 Å². The summed E-state index contributed by atoms with van der Waals surface area (Å²) in [6.45, 7) is 22.8. The zero-order valence-electron chi connectivity index (χ0n) is 34.6. The van der Waals surface area contributed by atoms with Gasteiger partial charge >= 0.3 is 0 Å². The van der Waals surface area contributed by atoms with Crippen LogP contribution in [0.5, 0.6) is 0 Å². The van der Waals surface area contributed by atoms with Crippen LogP contribution in [0.25, 0.3) is 0 Å². The number of ether oxygens (including phenoxy) is 12. The van der Waals surface area contributed by atoms with Crippen LogP contribution in [-0.4, -0.2) is 173 Å². The summed E-state index contributed by atoms with van der Waals surface area (Å²) in [7, 11) is -1.45. The minimum Gasteiger partial charge on any atom is -0.415 e. The molecule has 0 rings (SSSR count). The first-order valence-electron chi connectivity index (χ1n) is 20.6. The highest BCUT2D eigenvalue weighted by atomic mass is 28.4. The average molecular weight is 787 g/mol. The van der Waals surface area contributed by atoms with Crippen molar-refractivity contribution in [3.05, 3.63) is 0 Å². The van der Waals surface area contributed by atoms with Gasteiger partial charge in [0.25, 0.3) is 0 Å². The van der Waals surface area contributed by atoms with Gasteiger partial charge in [-0.05, 0) is 26.1 Å². The van der Waals surface area contributed by atoms with Crippen molar-refractivity contribution in [2.24, 2.45) is 0 Å². The molecule has 13 nitrogen and oxygen atoms in total. The first-order valence-corrected chi connectivity index (χ1v) is 24.0. The molecule has 0 aliphatic heterocycles. The highest BCUT2D eigenvalue weighted by Crippen LogP contribution is 2.10. The minimum absolute atomic E-state index is 0.517. The first-order chi connectivity index (χ1) is 26.1. The maximum absolute atomic E-state index is 5.72. The van der Waals surface area contributed by atoms with Crippen LogP contribution in [-0.2, 0) is 61.3 Å². The largest absolute Gasteiger partial charge is 0.415 e. The van der Waals surface area contributed by atoms with Crippen molar-refractivity contribution in [3.63, 3.8) is 0 Å². The Labute approximate surface area is 325 Å². The molecule has 0 aliphatic carbocycles.